The molecule has 7 heteroatoms. The lowest BCUT2D eigenvalue weighted by molar-refractivity contribution is -0.162. The largest absolute Gasteiger partial charge is 0.394 e. The van der Waals surface area contributed by atoms with Gasteiger partial charge in [0.25, 0.3) is 0 Å². The van der Waals surface area contributed by atoms with Gasteiger partial charge < -0.3 is 25.4 Å². The van der Waals surface area contributed by atoms with Crippen molar-refractivity contribution in [1.29, 1.82) is 0 Å². The Morgan fingerprint density at radius 3 is 2.12 bits per heavy atom. The Kier molecular flexibility index (Phi) is 6.79. The molecule has 0 aromatic heterocycles. The van der Waals surface area contributed by atoms with Crippen LogP contribution in [0.25, 0.3) is 0 Å². The molecule has 2 unspecified atom stereocenters. The number of benzene rings is 3. The van der Waals surface area contributed by atoms with Crippen LogP contribution in [0.1, 0.15) is 17.2 Å². The molecule has 0 aliphatic carbocycles. The molecule has 1 aliphatic rings. The van der Waals surface area contributed by atoms with Crippen LogP contribution < -0.4 is 10.6 Å². The minimum absolute atomic E-state index is 0.0481. The molecular formula is C25H25N3O4. The fraction of sp³-hybridized carbons (Fsp3) is 0.200. The van der Waals surface area contributed by atoms with Gasteiger partial charge in [-0.3, -0.25) is 4.79 Å². The Balaban J connectivity index is 1.44. The summed E-state index contributed by atoms with van der Waals surface area (Å²) in [5.41, 5.74) is 3.13. The van der Waals surface area contributed by atoms with Gasteiger partial charge in [0.2, 0.25) is 5.91 Å². The van der Waals surface area contributed by atoms with E-state index in [4.69, 9.17) is 4.74 Å². The van der Waals surface area contributed by atoms with E-state index in [1.807, 2.05) is 60.7 Å². The molecule has 1 aliphatic heterocycles. The number of amides is 3. The predicted octanol–water partition coefficient (Wildman–Crippen LogP) is 3.79. The van der Waals surface area contributed by atoms with E-state index < -0.39 is 12.1 Å². The van der Waals surface area contributed by atoms with Gasteiger partial charge in [0.1, 0.15) is 12.7 Å². The molecule has 1 saturated heterocycles. The molecule has 2 atom stereocenters. The second-order valence-electron chi connectivity index (χ2n) is 7.56. The lowest BCUT2D eigenvalue weighted by Gasteiger charge is -2.40. The van der Waals surface area contributed by atoms with E-state index in [1.165, 1.54) is 0 Å². The van der Waals surface area contributed by atoms with Crippen molar-refractivity contribution >= 4 is 23.3 Å². The van der Waals surface area contributed by atoms with Gasteiger partial charge in [0.15, 0.2) is 0 Å². The second-order valence-corrected chi connectivity index (χ2v) is 7.56. The smallest absolute Gasteiger partial charge is 0.323 e. The minimum atomic E-state index is -0.503. The molecular weight excluding hydrogens is 406 g/mol. The van der Waals surface area contributed by atoms with Crippen molar-refractivity contribution in [3.05, 3.63) is 96.1 Å². The first-order chi connectivity index (χ1) is 15.6. The third kappa shape index (κ3) is 5.14. The maximum absolute atomic E-state index is 12.5. The molecule has 1 heterocycles. The maximum Gasteiger partial charge on any atom is 0.323 e. The standard InChI is InChI=1S/C25H25N3O4/c29-16-22-24(32-17-23(30)28(22)15-18-7-3-1-4-8-18)19-11-13-21(14-12-19)27-25(31)26-20-9-5-2-6-10-20/h1-14,22,24,29H,15-17H2,(H2,26,27,31). The summed E-state index contributed by atoms with van der Waals surface area (Å²) in [6.45, 7) is 0.139. The number of nitrogens with one attached hydrogen (secondary N) is 2. The zero-order valence-electron chi connectivity index (χ0n) is 17.5. The van der Waals surface area contributed by atoms with Gasteiger partial charge in [-0.2, -0.15) is 0 Å². The lowest BCUT2D eigenvalue weighted by atomic mass is 9.98. The molecule has 0 bridgehead atoms. The van der Waals surface area contributed by atoms with Crippen molar-refractivity contribution in [2.75, 3.05) is 23.8 Å². The van der Waals surface area contributed by atoms with Crippen LogP contribution in [0.15, 0.2) is 84.9 Å². The highest BCUT2D eigenvalue weighted by Crippen LogP contribution is 2.31. The monoisotopic (exact) mass is 431 g/mol. The molecule has 0 saturated carbocycles. The van der Waals surface area contributed by atoms with Gasteiger partial charge in [-0.05, 0) is 35.4 Å². The van der Waals surface area contributed by atoms with Gasteiger partial charge in [-0.15, -0.1) is 0 Å². The highest BCUT2D eigenvalue weighted by atomic mass is 16.5. The summed E-state index contributed by atoms with van der Waals surface area (Å²) in [5, 5.41) is 15.6. The van der Waals surface area contributed by atoms with Crippen LogP contribution in [0.3, 0.4) is 0 Å². The van der Waals surface area contributed by atoms with Crippen molar-refractivity contribution in [2.24, 2.45) is 0 Å². The number of carbonyl (C=O) groups excluding carboxylic acids is 2. The van der Waals surface area contributed by atoms with Gasteiger partial charge in [0, 0.05) is 17.9 Å². The number of aliphatic hydroxyl groups excluding tert-OH is 1. The van der Waals surface area contributed by atoms with Crippen LogP contribution in [0.5, 0.6) is 0 Å². The number of rotatable bonds is 6. The molecule has 3 amide bonds. The molecule has 0 radical (unpaired) electrons. The summed E-state index contributed by atoms with van der Waals surface area (Å²) >= 11 is 0. The van der Waals surface area contributed by atoms with Crippen molar-refractivity contribution in [3.63, 3.8) is 0 Å². The highest BCUT2D eigenvalue weighted by Gasteiger charge is 2.37. The third-order valence-electron chi connectivity index (χ3n) is 5.37. The van der Waals surface area contributed by atoms with E-state index >= 15 is 0 Å². The van der Waals surface area contributed by atoms with E-state index in [2.05, 4.69) is 10.6 Å². The van der Waals surface area contributed by atoms with E-state index in [0.717, 1.165) is 11.1 Å². The van der Waals surface area contributed by atoms with Crippen LogP contribution in [-0.4, -0.2) is 41.2 Å². The normalized spacial score (nSPS) is 18.3. The first-order valence-corrected chi connectivity index (χ1v) is 10.4. The molecule has 3 aromatic carbocycles. The van der Waals surface area contributed by atoms with Crippen molar-refractivity contribution in [3.8, 4) is 0 Å². The number of hydrogen-bond donors (Lipinski definition) is 3. The van der Waals surface area contributed by atoms with Crippen LogP contribution in [0, 0.1) is 0 Å². The number of aliphatic hydroxyl groups is 1. The Labute approximate surface area is 186 Å². The lowest BCUT2D eigenvalue weighted by Crippen LogP contribution is -2.52. The zero-order chi connectivity index (χ0) is 22.3. The fourth-order valence-electron chi connectivity index (χ4n) is 3.77. The minimum Gasteiger partial charge on any atom is -0.394 e. The van der Waals surface area contributed by atoms with Crippen molar-refractivity contribution in [1.82, 2.24) is 4.90 Å². The summed E-state index contributed by atoms with van der Waals surface area (Å²) in [6.07, 6.45) is -0.464. The van der Waals surface area contributed by atoms with Crippen LogP contribution >= 0.6 is 0 Å². The number of nitrogens with zero attached hydrogens (tertiary/aromatic N) is 1. The fourth-order valence-corrected chi connectivity index (χ4v) is 3.77. The predicted molar refractivity (Wildman–Crippen MR) is 122 cm³/mol. The van der Waals surface area contributed by atoms with Crippen molar-refractivity contribution < 1.29 is 19.4 Å². The van der Waals surface area contributed by atoms with Crippen LogP contribution in [-0.2, 0) is 16.1 Å². The zero-order valence-corrected chi connectivity index (χ0v) is 17.5. The molecule has 3 N–H and O–H groups in total. The molecule has 164 valence electrons. The number of urea groups is 1. The first-order valence-electron chi connectivity index (χ1n) is 10.4. The average Bonchev–Trinajstić information content (AvgIpc) is 2.82. The Bertz CT molecular complexity index is 1040. The van der Waals surface area contributed by atoms with E-state index in [-0.39, 0.29) is 25.2 Å². The molecule has 7 nitrogen and oxygen atoms in total. The van der Waals surface area contributed by atoms with E-state index in [9.17, 15) is 14.7 Å². The van der Waals surface area contributed by atoms with Crippen LogP contribution in [0.2, 0.25) is 0 Å². The summed E-state index contributed by atoms with van der Waals surface area (Å²) in [4.78, 5) is 26.4. The van der Waals surface area contributed by atoms with Crippen LogP contribution in [0.4, 0.5) is 16.2 Å². The van der Waals surface area contributed by atoms with Gasteiger partial charge >= 0.3 is 6.03 Å². The van der Waals surface area contributed by atoms with E-state index in [1.54, 1.807) is 29.2 Å². The molecule has 32 heavy (non-hydrogen) atoms. The molecule has 3 aromatic rings. The SMILES string of the molecule is O=C(Nc1ccccc1)Nc1ccc(C2OCC(=O)N(Cc3ccccc3)C2CO)cc1. The Morgan fingerprint density at radius 1 is 0.906 bits per heavy atom. The topological polar surface area (TPSA) is 90.9 Å². The molecule has 0 spiro atoms. The summed E-state index contributed by atoms with van der Waals surface area (Å²) in [6, 6.07) is 25.2. The van der Waals surface area contributed by atoms with Gasteiger partial charge in [-0.25, -0.2) is 4.79 Å². The van der Waals surface area contributed by atoms with E-state index in [0.29, 0.717) is 17.9 Å². The first kappa shape index (κ1) is 21.5. The number of para-hydroxylation sites is 1. The number of anilines is 2. The molecule has 4 rings (SSSR count). The Morgan fingerprint density at radius 2 is 1.50 bits per heavy atom. The quantitative estimate of drug-likeness (QED) is 0.554. The summed E-state index contributed by atoms with van der Waals surface area (Å²) < 4.78 is 5.80. The Hall–Kier alpha value is -3.68. The summed E-state index contributed by atoms with van der Waals surface area (Å²) in [7, 11) is 0. The maximum atomic E-state index is 12.5. The van der Waals surface area contributed by atoms with Gasteiger partial charge in [-0.1, -0.05) is 60.7 Å². The van der Waals surface area contributed by atoms with Crippen molar-refractivity contribution in [2.45, 2.75) is 18.7 Å². The number of carbonyl (C=O) groups is 2. The number of ether oxygens (including phenoxy) is 1. The average molecular weight is 431 g/mol. The summed E-state index contributed by atoms with van der Waals surface area (Å²) in [5.74, 6) is -0.153. The third-order valence-corrected chi connectivity index (χ3v) is 5.37. The van der Waals surface area contributed by atoms with Gasteiger partial charge in [0.05, 0.1) is 12.6 Å². The molecule has 1 fully saturated rings. The number of hydrogen-bond acceptors (Lipinski definition) is 4. The second kappa shape index (κ2) is 10.1. The number of morpholine rings is 1. The highest BCUT2D eigenvalue weighted by molar-refractivity contribution is 5.99.